The summed E-state index contributed by atoms with van der Waals surface area (Å²) in [6.07, 6.45) is 7.26. The van der Waals surface area contributed by atoms with Crippen LogP contribution in [0.25, 0.3) is 0 Å². The molecule has 0 aromatic carbocycles. The summed E-state index contributed by atoms with van der Waals surface area (Å²) in [5.41, 5.74) is 0.185. The van der Waals surface area contributed by atoms with Crippen molar-refractivity contribution in [3.63, 3.8) is 0 Å². The Bertz CT molecular complexity index is 332. The van der Waals surface area contributed by atoms with E-state index >= 15 is 0 Å². The van der Waals surface area contributed by atoms with Crippen molar-refractivity contribution in [1.82, 2.24) is 10.2 Å². The standard InChI is InChI=1S/C17H32N2O/c1-13(2)19(12-14-8-5-6-11-18-14)16(20)15-9-7-10-17(15,3)4/h13-15,18H,5-12H2,1-4H3. The van der Waals surface area contributed by atoms with E-state index in [1.807, 2.05) is 0 Å². The van der Waals surface area contributed by atoms with Crippen molar-refractivity contribution < 1.29 is 4.79 Å². The zero-order valence-electron chi connectivity index (χ0n) is 13.7. The Hall–Kier alpha value is -0.570. The van der Waals surface area contributed by atoms with Gasteiger partial charge in [-0.25, -0.2) is 0 Å². The third kappa shape index (κ3) is 3.55. The van der Waals surface area contributed by atoms with Gasteiger partial charge >= 0.3 is 0 Å². The maximum atomic E-state index is 13.0. The highest BCUT2D eigenvalue weighted by Gasteiger charge is 2.41. The van der Waals surface area contributed by atoms with E-state index in [4.69, 9.17) is 0 Å². The highest BCUT2D eigenvalue weighted by Crippen LogP contribution is 2.43. The van der Waals surface area contributed by atoms with Gasteiger partial charge in [-0.05, 0) is 51.5 Å². The summed E-state index contributed by atoms with van der Waals surface area (Å²) in [7, 11) is 0. The average Bonchev–Trinajstić information content (AvgIpc) is 2.76. The molecule has 3 heteroatoms. The van der Waals surface area contributed by atoms with E-state index in [0.29, 0.717) is 18.0 Å². The molecular weight excluding hydrogens is 248 g/mol. The summed E-state index contributed by atoms with van der Waals surface area (Å²) in [4.78, 5) is 15.1. The molecule has 1 amide bonds. The molecule has 0 spiro atoms. The van der Waals surface area contributed by atoms with Gasteiger partial charge in [0.2, 0.25) is 5.91 Å². The first-order chi connectivity index (χ1) is 9.42. The van der Waals surface area contributed by atoms with Crippen molar-refractivity contribution in [1.29, 1.82) is 0 Å². The molecule has 0 bridgehead atoms. The van der Waals surface area contributed by atoms with Gasteiger partial charge in [0.1, 0.15) is 0 Å². The molecule has 0 aromatic rings. The zero-order chi connectivity index (χ0) is 14.8. The van der Waals surface area contributed by atoms with Crippen LogP contribution in [0.1, 0.15) is 66.2 Å². The molecule has 1 aliphatic heterocycles. The van der Waals surface area contributed by atoms with Crippen LogP contribution in [0.3, 0.4) is 0 Å². The van der Waals surface area contributed by atoms with Crippen LogP contribution in [0.4, 0.5) is 0 Å². The van der Waals surface area contributed by atoms with E-state index in [9.17, 15) is 4.79 Å². The lowest BCUT2D eigenvalue weighted by Gasteiger charge is -2.37. The smallest absolute Gasteiger partial charge is 0.226 e. The molecule has 2 atom stereocenters. The van der Waals surface area contributed by atoms with Crippen LogP contribution in [-0.4, -0.2) is 36.0 Å². The minimum atomic E-state index is 0.185. The third-order valence-electron chi connectivity index (χ3n) is 5.29. The lowest BCUT2D eigenvalue weighted by molar-refractivity contribution is -0.140. The molecule has 2 rings (SSSR count). The van der Waals surface area contributed by atoms with E-state index in [1.165, 1.54) is 32.1 Å². The first kappa shape index (κ1) is 15.8. The predicted octanol–water partition coefficient (Wildman–Crippen LogP) is 3.19. The topological polar surface area (TPSA) is 32.3 Å². The van der Waals surface area contributed by atoms with E-state index in [-0.39, 0.29) is 11.3 Å². The van der Waals surface area contributed by atoms with Crippen LogP contribution >= 0.6 is 0 Å². The summed E-state index contributed by atoms with van der Waals surface area (Å²) in [6, 6.07) is 0.808. The molecule has 2 fully saturated rings. The van der Waals surface area contributed by atoms with Gasteiger partial charge in [0.15, 0.2) is 0 Å². The van der Waals surface area contributed by atoms with Crippen molar-refractivity contribution in [2.45, 2.75) is 78.3 Å². The lowest BCUT2D eigenvalue weighted by Crippen LogP contribution is -2.51. The van der Waals surface area contributed by atoms with Crippen molar-refractivity contribution in [2.75, 3.05) is 13.1 Å². The number of rotatable bonds is 4. The molecule has 1 heterocycles. The number of carbonyl (C=O) groups excluding carboxylic acids is 1. The Labute approximate surface area is 124 Å². The fourth-order valence-electron chi connectivity index (χ4n) is 3.86. The van der Waals surface area contributed by atoms with Crippen LogP contribution in [0.2, 0.25) is 0 Å². The number of carbonyl (C=O) groups is 1. The zero-order valence-corrected chi connectivity index (χ0v) is 13.7. The fourth-order valence-corrected chi connectivity index (χ4v) is 3.86. The van der Waals surface area contributed by atoms with Gasteiger partial charge in [-0.1, -0.05) is 26.7 Å². The Morgan fingerprint density at radius 3 is 2.50 bits per heavy atom. The molecule has 3 nitrogen and oxygen atoms in total. The fraction of sp³-hybridized carbons (Fsp3) is 0.941. The highest BCUT2D eigenvalue weighted by molar-refractivity contribution is 5.80. The number of nitrogens with zero attached hydrogens (tertiary/aromatic N) is 1. The van der Waals surface area contributed by atoms with E-state index in [2.05, 4.69) is 37.9 Å². The SMILES string of the molecule is CC(C)N(CC1CCCCN1)C(=O)C1CCCC1(C)C. The lowest BCUT2D eigenvalue weighted by atomic mass is 9.81. The summed E-state index contributed by atoms with van der Waals surface area (Å²) in [5.74, 6) is 0.628. The quantitative estimate of drug-likeness (QED) is 0.857. The minimum Gasteiger partial charge on any atom is -0.338 e. The maximum Gasteiger partial charge on any atom is 0.226 e. The molecular formula is C17H32N2O. The first-order valence-corrected chi connectivity index (χ1v) is 8.45. The summed E-state index contributed by atoms with van der Waals surface area (Å²) < 4.78 is 0. The van der Waals surface area contributed by atoms with Crippen molar-refractivity contribution >= 4 is 5.91 Å². The van der Waals surface area contributed by atoms with Crippen LogP contribution in [0.15, 0.2) is 0 Å². The first-order valence-electron chi connectivity index (χ1n) is 8.45. The van der Waals surface area contributed by atoms with Gasteiger partial charge in [0.25, 0.3) is 0 Å². The van der Waals surface area contributed by atoms with Gasteiger partial charge in [0.05, 0.1) is 0 Å². The normalized spacial score (nSPS) is 29.6. The van der Waals surface area contributed by atoms with E-state index in [0.717, 1.165) is 19.5 Å². The molecule has 2 unspecified atom stereocenters. The van der Waals surface area contributed by atoms with Crippen LogP contribution in [-0.2, 0) is 4.79 Å². The number of amides is 1. The second-order valence-electron chi connectivity index (χ2n) is 7.66. The molecule has 1 N–H and O–H groups in total. The predicted molar refractivity (Wildman–Crippen MR) is 83.6 cm³/mol. The minimum absolute atomic E-state index is 0.185. The van der Waals surface area contributed by atoms with Crippen LogP contribution in [0.5, 0.6) is 0 Å². The van der Waals surface area contributed by atoms with Gasteiger partial charge in [0, 0.05) is 24.5 Å². The molecule has 0 aromatic heterocycles. The molecule has 116 valence electrons. The van der Waals surface area contributed by atoms with Crippen molar-refractivity contribution in [3.05, 3.63) is 0 Å². The largest absolute Gasteiger partial charge is 0.338 e. The Morgan fingerprint density at radius 1 is 1.25 bits per heavy atom. The second kappa shape index (κ2) is 6.46. The monoisotopic (exact) mass is 280 g/mol. The Kier molecular flexibility index (Phi) is 5.11. The third-order valence-corrected chi connectivity index (χ3v) is 5.29. The number of nitrogens with one attached hydrogen (secondary N) is 1. The molecule has 1 saturated carbocycles. The van der Waals surface area contributed by atoms with Gasteiger partial charge in [-0.2, -0.15) is 0 Å². The summed E-state index contributed by atoms with van der Waals surface area (Å²) in [5, 5.41) is 3.58. The molecule has 2 aliphatic rings. The maximum absolute atomic E-state index is 13.0. The van der Waals surface area contributed by atoms with Gasteiger partial charge in [-0.3, -0.25) is 4.79 Å². The van der Waals surface area contributed by atoms with Gasteiger partial charge in [-0.15, -0.1) is 0 Å². The number of hydrogen-bond donors (Lipinski definition) is 1. The van der Waals surface area contributed by atoms with Crippen molar-refractivity contribution in [3.8, 4) is 0 Å². The molecule has 0 radical (unpaired) electrons. The molecule has 1 saturated heterocycles. The molecule has 20 heavy (non-hydrogen) atoms. The average molecular weight is 280 g/mol. The van der Waals surface area contributed by atoms with Gasteiger partial charge < -0.3 is 10.2 Å². The van der Waals surface area contributed by atoms with E-state index < -0.39 is 0 Å². The van der Waals surface area contributed by atoms with Crippen molar-refractivity contribution in [2.24, 2.45) is 11.3 Å². The Morgan fingerprint density at radius 2 is 2.00 bits per heavy atom. The summed E-state index contributed by atoms with van der Waals surface area (Å²) in [6.45, 7) is 10.8. The Balaban J connectivity index is 2.02. The number of piperidine rings is 1. The second-order valence-corrected chi connectivity index (χ2v) is 7.66. The van der Waals surface area contributed by atoms with Crippen LogP contribution in [0, 0.1) is 11.3 Å². The van der Waals surface area contributed by atoms with E-state index in [1.54, 1.807) is 0 Å². The molecule has 1 aliphatic carbocycles. The number of hydrogen-bond acceptors (Lipinski definition) is 2. The van der Waals surface area contributed by atoms with Crippen LogP contribution < -0.4 is 5.32 Å². The highest BCUT2D eigenvalue weighted by atomic mass is 16.2. The summed E-state index contributed by atoms with van der Waals surface area (Å²) >= 11 is 0.